The Morgan fingerprint density at radius 3 is 2.69 bits per heavy atom. The summed E-state index contributed by atoms with van der Waals surface area (Å²) >= 11 is 0. The molecule has 1 N–H and O–H groups in total. The smallest absolute Gasteiger partial charge is 0.247 e. The van der Waals surface area contributed by atoms with Crippen molar-refractivity contribution in [3.63, 3.8) is 0 Å². The van der Waals surface area contributed by atoms with Crippen molar-refractivity contribution in [3.8, 4) is 11.9 Å². The molecule has 1 aromatic carbocycles. The molecule has 32 heavy (non-hydrogen) atoms. The SMILES string of the molecule is CCCCCCC/C=C/C(=C\C(=O)NCC(C)C)Oc1nc2ccccc2c(C)c1C#N. The number of aryl methyl sites for hydroxylation is 1. The van der Waals surface area contributed by atoms with Gasteiger partial charge in [-0.25, -0.2) is 4.98 Å². The maximum absolute atomic E-state index is 12.4. The van der Waals surface area contributed by atoms with E-state index in [9.17, 15) is 10.1 Å². The topological polar surface area (TPSA) is 75.0 Å². The largest absolute Gasteiger partial charge is 0.437 e. The first-order chi connectivity index (χ1) is 15.5. The summed E-state index contributed by atoms with van der Waals surface area (Å²) in [4.78, 5) is 17.0. The van der Waals surface area contributed by atoms with Gasteiger partial charge in [0.15, 0.2) is 0 Å². The Kier molecular flexibility index (Phi) is 10.5. The van der Waals surface area contributed by atoms with Crippen LogP contribution in [0.5, 0.6) is 5.88 Å². The Balaban J connectivity index is 2.25. The second kappa shape index (κ2) is 13.3. The third-order valence-corrected chi connectivity index (χ3v) is 5.16. The van der Waals surface area contributed by atoms with Crippen molar-refractivity contribution in [1.82, 2.24) is 10.3 Å². The summed E-state index contributed by atoms with van der Waals surface area (Å²) in [6.45, 7) is 8.76. The summed E-state index contributed by atoms with van der Waals surface area (Å²) in [5.74, 6) is 0.723. The van der Waals surface area contributed by atoms with Crippen molar-refractivity contribution in [2.24, 2.45) is 5.92 Å². The lowest BCUT2D eigenvalue weighted by atomic mass is 10.1. The molecule has 5 heteroatoms. The van der Waals surface area contributed by atoms with E-state index in [2.05, 4.69) is 23.3 Å². The fraction of sp³-hybridized carbons (Fsp3) is 0.444. The van der Waals surface area contributed by atoms with Crippen LogP contribution in [0.4, 0.5) is 0 Å². The van der Waals surface area contributed by atoms with Gasteiger partial charge in [0.25, 0.3) is 0 Å². The van der Waals surface area contributed by atoms with Crippen LogP contribution in [0.1, 0.15) is 70.4 Å². The van der Waals surface area contributed by atoms with Gasteiger partial charge in [0, 0.05) is 18.0 Å². The molecule has 2 aromatic rings. The van der Waals surface area contributed by atoms with Crippen LogP contribution >= 0.6 is 0 Å². The monoisotopic (exact) mass is 433 g/mol. The van der Waals surface area contributed by atoms with E-state index >= 15 is 0 Å². The Morgan fingerprint density at radius 2 is 1.97 bits per heavy atom. The summed E-state index contributed by atoms with van der Waals surface area (Å²) in [5.41, 5.74) is 1.95. The number of para-hydroxylation sites is 1. The molecule has 0 saturated carbocycles. The highest BCUT2D eigenvalue weighted by Crippen LogP contribution is 2.28. The van der Waals surface area contributed by atoms with Crippen molar-refractivity contribution in [2.45, 2.75) is 66.2 Å². The van der Waals surface area contributed by atoms with E-state index < -0.39 is 0 Å². The van der Waals surface area contributed by atoms with Crippen LogP contribution < -0.4 is 10.1 Å². The van der Waals surface area contributed by atoms with E-state index in [-0.39, 0.29) is 11.8 Å². The summed E-state index contributed by atoms with van der Waals surface area (Å²) in [6.07, 6.45) is 12.2. The highest BCUT2D eigenvalue weighted by Gasteiger charge is 2.15. The van der Waals surface area contributed by atoms with Crippen LogP contribution in [-0.4, -0.2) is 17.4 Å². The molecule has 1 aromatic heterocycles. The maximum Gasteiger partial charge on any atom is 0.247 e. The molecule has 5 nitrogen and oxygen atoms in total. The molecule has 0 aliphatic rings. The number of hydrogen-bond donors (Lipinski definition) is 1. The van der Waals surface area contributed by atoms with Crippen molar-refractivity contribution in [3.05, 3.63) is 59.4 Å². The zero-order valence-corrected chi connectivity index (χ0v) is 19.8. The fourth-order valence-electron chi connectivity index (χ4n) is 3.33. The zero-order chi connectivity index (χ0) is 23.3. The third-order valence-electron chi connectivity index (χ3n) is 5.16. The molecule has 0 spiro atoms. The molecule has 0 atom stereocenters. The van der Waals surface area contributed by atoms with Crippen molar-refractivity contribution in [2.75, 3.05) is 6.54 Å². The van der Waals surface area contributed by atoms with E-state index in [0.717, 1.165) is 29.3 Å². The van der Waals surface area contributed by atoms with Gasteiger partial charge in [0.2, 0.25) is 11.8 Å². The molecule has 1 amide bonds. The van der Waals surface area contributed by atoms with Gasteiger partial charge in [0.05, 0.1) is 5.52 Å². The normalized spacial score (nSPS) is 11.8. The first-order valence-electron chi connectivity index (χ1n) is 11.6. The molecule has 0 aliphatic heterocycles. The van der Waals surface area contributed by atoms with Crippen molar-refractivity contribution >= 4 is 16.8 Å². The minimum Gasteiger partial charge on any atom is -0.437 e. The summed E-state index contributed by atoms with van der Waals surface area (Å²) in [6, 6.07) is 9.87. The Bertz CT molecular complexity index is 1000. The number of carbonyl (C=O) groups is 1. The molecule has 0 bridgehead atoms. The van der Waals surface area contributed by atoms with E-state index in [1.54, 1.807) is 0 Å². The lowest BCUT2D eigenvalue weighted by molar-refractivity contribution is -0.116. The van der Waals surface area contributed by atoms with E-state index in [1.165, 1.54) is 31.8 Å². The summed E-state index contributed by atoms with van der Waals surface area (Å²) in [5, 5.41) is 13.5. The molecular formula is C27H35N3O2. The van der Waals surface area contributed by atoms with Gasteiger partial charge in [-0.15, -0.1) is 0 Å². The lowest BCUT2D eigenvalue weighted by Gasteiger charge is -2.12. The number of allylic oxidation sites excluding steroid dienone is 2. The number of pyridine rings is 1. The zero-order valence-electron chi connectivity index (χ0n) is 19.8. The molecule has 0 fully saturated rings. The van der Waals surface area contributed by atoms with Crippen LogP contribution in [0.2, 0.25) is 0 Å². The number of hydrogen-bond acceptors (Lipinski definition) is 4. The van der Waals surface area contributed by atoms with Gasteiger partial charge in [0.1, 0.15) is 17.4 Å². The van der Waals surface area contributed by atoms with E-state index in [0.29, 0.717) is 23.8 Å². The van der Waals surface area contributed by atoms with Gasteiger partial charge >= 0.3 is 0 Å². The summed E-state index contributed by atoms with van der Waals surface area (Å²) in [7, 11) is 0. The second-order valence-electron chi connectivity index (χ2n) is 8.44. The molecule has 2 rings (SSSR count). The number of nitrogens with one attached hydrogen (secondary N) is 1. The molecule has 0 aliphatic carbocycles. The minimum atomic E-state index is -0.225. The standard InChI is InChI=1S/C27H35N3O2/c1-5-6-7-8-9-10-11-14-22(17-26(31)29-19-20(2)3)32-27-24(18-28)21(4)23-15-12-13-16-25(23)30-27/h11-17,20H,5-10,19H2,1-4H3,(H,29,31)/b14-11+,22-17+. The average Bonchev–Trinajstić information content (AvgIpc) is 2.77. The van der Waals surface area contributed by atoms with Crippen molar-refractivity contribution < 1.29 is 9.53 Å². The minimum absolute atomic E-state index is 0.221. The molecular weight excluding hydrogens is 398 g/mol. The molecule has 1 heterocycles. The van der Waals surface area contributed by atoms with E-state index in [4.69, 9.17) is 4.74 Å². The lowest BCUT2D eigenvalue weighted by Crippen LogP contribution is -2.26. The first-order valence-corrected chi connectivity index (χ1v) is 11.6. The average molecular weight is 434 g/mol. The Hall–Kier alpha value is -3.13. The number of aromatic nitrogens is 1. The number of unbranched alkanes of at least 4 members (excludes halogenated alkanes) is 5. The predicted molar refractivity (Wildman–Crippen MR) is 130 cm³/mol. The van der Waals surface area contributed by atoms with Gasteiger partial charge in [-0.2, -0.15) is 5.26 Å². The predicted octanol–water partition coefficient (Wildman–Crippen LogP) is 6.37. The Labute approximate surface area is 192 Å². The molecule has 0 saturated heterocycles. The number of amides is 1. The number of rotatable bonds is 12. The number of nitriles is 1. The number of fused-ring (bicyclic) bond motifs is 1. The second-order valence-corrected chi connectivity index (χ2v) is 8.44. The highest BCUT2D eigenvalue weighted by atomic mass is 16.5. The number of carbonyl (C=O) groups excluding carboxylic acids is 1. The molecule has 0 radical (unpaired) electrons. The van der Waals surface area contributed by atoms with Crippen LogP contribution in [0.3, 0.4) is 0 Å². The summed E-state index contributed by atoms with van der Waals surface area (Å²) < 4.78 is 6.03. The third kappa shape index (κ3) is 7.85. The molecule has 170 valence electrons. The molecule has 0 unspecified atom stereocenters. The van der Waals surface area contributed by atoms with Gasteiger partial charge in [-0.1, -0.05) is 70.7 Å². The van der Waals surface area contributed by atoms with Gasteiger partial charge in [-0.3, -0.25) is 4.79 Å². The maximum atomic E-state index is 12.4. The van der Waals surface area contributed by atoms with E-state index in [1.807, 2.05) is 57.2 Å². The number of nitrogens with zero attached hydrogens (tertiary/aromatic N) is 2. The van der Waals surface area contributed by atoms with Crippen LogP contribution in [0.15, 0.2) is 48.3 Å². The Morgan fingerprint density at radius 1 is 1.22 bits per heavy atom. The van der Waals surface area contributed by atoms with Crippen molar-refractivity contribution in [1.29, 1.82) is 5.26 Å². The fourth-order valence-corrected chi connectivity index (χ4v) is 3.33. The van der Waals surface area contributed by atoms with Crippen LogP contribution in [-0.2, 0) is 4.79 Å². The number of benzene rings is 1. The van der Waals surface area contributed by atoms with Gasteiger partial charge in [-0.05, 0) is 43.4 Å². The van der Waals surface area contributed by atoms with Gasteiger partial charge < -0.3 is 10.1 Å². The number of ether oxygens (including phenoxy) is 1. The van der Waals surface area contributed by atoms with Crippen LogP contribution in [0.25, 0.3) is 10.9 Å². The first kappa shape index (κ1) is 25.1. The van der Waals surface area contributed by atoms with Crippen LogP contribution in [0, 0.1) is 24.2 Å². The highest BCUT2D eigenvalue weighted by molar-refractivity contribution is 5.88. The quantitative estimate of drug-likeness (QED) is 0.183.